The molecule has 1 aliphatic carbocycles. The largest absolute Gasteiger partial charge is 0.294 e. The molecule has 0 saturated carbocycles. The summed E-state index contributed by atoms with van der Waals surface area (Å²) in [5.41, 5.74) is 9.12. The van der Waals surface area contributed by atoms with Gasteiger partial charge in [0.15, 0.2) is 5.78 Å². The predicted molar refractivity (Wildman–Crippen MR) is 147 cm³/mol. The number of aryl methyl sites for hydroxylation is 3. The van der Waals surface area contributed by atoms with Crippen LogP contribution in [-0.4, -0.2) is 5.78 Å². The number of fused-ring (bicyclic) bond motifs is 1. The molecule has 0 fully saturated rings. The number of Topliss-reactive ketones (excluding diaryl/α,β-unsaturated/α-hetero) is 1. The summed E-state index contributed by atoms with van der Waals surface area (Å²) in [7, 11) is 0. The van der Waals surface area contributed by atoms with Crippen molar-refractivity contribution in [1.29, 1.82) is 0 Å². The lowest BCUT2D eigenvalue weighted by Crippen LogP contribution is -2.02. The van der Waals surface area contributed by atoms with Gasteiger partial charge in [0.05, 0.1) is 0 Å². The summed E-state index contributed by atoms with van der Waals surface area (Å²) in [6.07, 6.45) is 12.8. The maximum absolute atomic E-state index is 12.3. The molecule has 0 N–H and O–H groups in total. The molecular formula is C32H46O. The van der Waals surface area contributed by atoms with E-state index in [2.05, 4.69) is 71.2 Å². The van der Waals surface area contributed by atoms with Crippen LogP contribution in [0.25, 0.3) is 11.1 Å². The fraction of sp³-hybridized carbons (Fsp3) is 0.469. The number of carbonyl (C=O) groups excluding carboxylic acids is 1. The van der Waals surface area contributed by atoms with Crippen molar-refractivity contribution in [1.82, 2.24) is 0 Å². The monoisotopic (exact) mass is 446 g/mol. The fourth-order valence-electron chi connectivity index (χ4n) is 4.57. The van der Waals surface area contributed by atoms with E-state index in [4.69, 9.17) is 0 Å². The molecule has 1 aliphatic rings. The van der Waals surface area contributed by atoms with Gasteiger partial charge in [-0.25, -0.2) is 0 Å². The lowest BCUT2D eigenvalue weighted by Gasteiger charge is -2.19. The van der Waals surface area contributed by atoms with Gasteiger partial charge in [0, 0.05) is 12.0 Å². The van der Waals surface area contributed by atoms with Crippen LogP contribution in [0.2, 0.25) is 0 Å². The Morgan fingerprint density at radius 2 is 1.61 bits per heavy atom. The summed E-state index contributed by atoms with van der Waals surface area (Å²) in [6, 6.07) is 11.2. The normalized spacial score (nSPS) is 12.3. The average Bonchev–Trinajstić information content (AvgIpc) is 3.24. The van der Waals surface area contributed by atoms with Gasteiger partial charge in [-0.15, -0.1) is 13.2 Å². The second-order valence-electron chi connectivity index (χ2n) is 8.79. The van der Waals surface area contributed by atoms with Crippen LogP contribution in [0.5, 0.6) is 0 Å². The number of carbonyl (C=O) groups is 1. The van der Waals surface area contributed by atoms with Crippen molar-refractivity contribution in [3.63, 3.8) is 0 Å². The highest BCUT2D eigenvalue weighted by atomic mass is 16.1. The Morgan fingerprint density at radius 1 is 0.939 bits per heavy atom. The fourth-order valence-corrected chi connectivity index (χ4v) is 4.57. The van der Waals surface area contributed by atoms with Gasteiger partial charge in [-0.2, -0.15) is 0 Å². The van der Waals surface area contributed by atoms with Gasteiger partial charge in [0.1, 0.15) is 0 Å². The van der Waals surface area contributed by atoms with Crippen LogP contribution in [-0.2, 0) is 19.3 Å². The number of benzene rings is 2. The Labute approximate surface area is 204 Å². The predicted octanol–water partition coefficient (Wildman–Crippen LogP) is 9.50. The molecule has 0 aliphatic heterocycles. The molecular weight excluding hydrogens is 400 g/mol. The van der Waals surface area contributed by atoms with Crippen LogP contribution >= 0.6 is 0 Å². The Balaban J connectivity index is 0.000000820. The molecule has 0 heterocycles. The third kappa shape index (κ3) is 7.84. The van der Waals surface area contributed by atoms with Gasteiger partial charge in [-0.3, -0.25) is 4.79 Å². The summed E-state index contributed by atoms with van der Waals surface area (Å²) in [4.78, 5) is 12.3. The first kappa shape index (κ1) is 28.6. The first-order valence-corrected chi connectivity index (χ1v) is 12.9. The van der Waals surface area contributed by atoms with Gasteiger partial charge >= 0.3 is 0 Å². The van der Waals surface area contributed by atoms with Crippen LogP contribution in [0.3, 0.4) is 0 Å². The molecule has 0 aromatic heterocycles. The van der Waals surface area contributed by atoms with E-state index in [0.29, 0.717) is 12.2 Å². The van der Waals surface area contributed by atoms with Crippen molar-refractivity contribution in [3.8, 4) is 11.1 Å². The summed E-state index contributed by atoms with van der Waals surface area (Å²) < 4.78 is 0. The van der Waals surface area contributed by atoms with E-state index in [9.17, 15) is 4.79 Å². The van der Waals surface area contributed by atoms with E-state index in [1.54, 1.807) is 0 Å². The minimum absolute atomic E-state index is 0.319. The van der Waals surface area contributed by atoms with Crippen molar-refractivity contribution < 1.29 is 4.79 Å². The van der Waals surface area contributed by atoms with Crippen LogP contribution in [0, 0.1) is 12.8 Å². The highest BCUT2D eigenvalue weighted by molar-refractivity contribution is 6.03. The molecule has 0 atom stereocenters. The lowest BCUT2D eigenvalue weighted by atomic mass is 9.86. The zero-order chi connectivity index (χ0) is 24.8. The zero-order valence-corrected chi connectivity index (χ0v) is 22.1. The Kier molecular flexibility index (Phi) is 13.4. The molecule has 2 aromatic carbocycles. The van der Waals surface area contributed by atoms with Crippen molar-refractivity contribution in [3.05, 3.63) is 83.5 Å². The molecule has 3 rings (SSSR count). The molecule has 1 heteroatoms. The van der Waals surface area contributed by atoms with Crippen LogP contribution in [0.15, 0.2) is 55.6 Å². The number of ketones is 1. The Morgan fingerprint density at radius 3 is 2.18 bits per heavy atom. The first-order valence-electron chi connectivity index (χ1n) is 12.9. The van der Waals surface area contributed by atoms with Crippen LogP contribution < -0.4 is 0 Å². The Hall–Kier alpha value is -2.41. The molecule has 0 radical (unpaired) electrons. The molecule has 180 valence electrons. The minimum Gasteiger partial charge on any atom is -0.294 e. The lowest BCUT2D eigenvalue weighted by molar-refractivity contribution is 0.0994. The maximum atomic E-state index is 12.3. The molecule has 0 saturated heterocycles. The van der Waals surface area contributed by atoms with Crippen LogP contribution in [0.4, 0.5) is 0 Å². The zero-order valence-electron chi connectivity index (χ0n) is 22.1. The molecule has 0 bridgehead atoms. The van der Waals surface area contributed by atoms with Gasteiger partial charge in [0.25, 0.3) is 0 Å². The van der Waals surface area contributed by atoms with E-state index in [-0.39, 0.29) is 0 Å². The summed E-state index contributed by atoms with van der Waals surface area (Å²) in [5.74, 6) is 1.16. The van der Waals surface area contributed by atoms with E-state index in [0.717, 1.165) is 30.7 Å². The summed E-state index contributed by atoms with van der Waals surface area (Å²) >= 11 is 0. The third-order valence-corrected chi connectivity index (χ3v) is 6.83. The SMILES string of the molecule is C/C=C\C.C=C.CCc1ccc(C)c(-c2c(CCCC(CC)CC)ccc3c2CCC3=O)c1. The van der Waals surface area contributed by atoms with Gasteiger partial charge in [0.2, 0.25) is 0 Å². The van der Waals surface area contributed by atoms with E-state index in [1.807, 2.05) is 26.0 Å². The average molecular weight is 447 g/mol. The van der Waals surface area contributed by atoms with Crippen molar-refractivity contribution in [2.45, 2.75) is 92.9 Å². The van der Waals surface area contributed by atoms with E-state index in [1.165, 1.54) is 59.1 Å². The van der Waals surface area contributed by atoms with Crippen molar-refractivity contribution >= 4 is 5.78 Å². The van der Waals surface area contributed by atoms with Crippen molar-refractivity contribution in [2.75, 3.05) is 0 Å². The molecule has 0 amide bonds. The first-order chi connectivity index (χ1) is 16.0. The third-order valence-electron chi connectivity index (χ3n) is 6.83. The highest BCUT2D eigenvalue weighted by Gasteiger charge is 2.25. The molecule has 2 aromatic rings. The second-order valence-corrected chi connectivity index (χ2v) is 8.79. The van der Waals surface area contributed by atoms with Crippen LogP contribution in [0.1, 0.15) is 99.3 Å². The van der Waals surface area contributed by atoms with Gasteiger partial charge < -0.3 is 0 Å². The van der Waals surface area contributed by atoms with Gasteiger partial charge in [-0.05, 0) is 85.8 Å². The molecule has 33 heavy (non-hydrogen) atoms. The second kappa shape index (κ2) is 15.4. The maximum Gasteiger partial charge on any atom is 0.163 e. The summed E-state index contributed by atoms with van der Waals surface area (Å²) in [6.45, 7) is 19.0. The minimum atomic E-state index is 0.319. The number of allylic oxidation sites excluding steroid dienone is 2. The highest BCUT2D eigenvalue weighted by Crippen LogP contribution is 2.38. The quantitative estimate of drug-likeness (QED) is 0.369. The molecule has 1 nitrogen and oxygen atoms in total. The number of rotatable bonds is 8. The Bertz CT molecular complexity index is 895. The topological polar surface area (TPSA) is 17.1 Å². The van der Waals surface area contributed by atoms with E-state index >= 15 is 0 Å². The summed E-state index contributed by atoms with van der Waals surface area (Å²) in [5, 5.41) is 0. The molecule has 0 unspecified atom stereocenters. The van der Waals surface area contributed by atoms with Crippen molar-refractivity contribution in [2.24, 2.45) is 5.92 Å². The number of hydrogen-bond donors (Lipinski definition) is 0. The van der Waals surface area contributed by atoms with Gasteiger partial charge in [-0.1, -0.05) is 82.5 Å². The molecule has 0 spiro atoms. The standard InChI is InChI=1S/C26H34O.C4H8.C2H4/c1-5-19(6-2)9-8-10-21-13-14-22-23(15-16-25(22)27)26(21)24-17-20(7-3)12-11-18(24)4;1-3-4-2;1-2/h11-14,17,19H,5-10,15-16H2,1-4H3;3-4H,1-2H3;1-2H2/b;4-3-;. The number of hydrogen-bond acceptors (Lipinski definition) is 1. The smallest absolute Gasteiger partial charge is 0.163 e. The van der Waals surface area contributed by atoms with E-state index < -0.39 is 0 Å².